The highest BCUT2D eigenvalue weighted by Gasteiger charge is 2.01. The fourth-order valence-electron chi connectivity index (χ4n) is 4.00. The molecule has 1 atom stereocenters. The molecule has 0 bridgehead atoms. The summed E-state index contributed by atoms with van der Waals surface area (Å²) in [6.45, 7) is 2.28. The van der Waals surface area contributed by atoms with Gasteiger partial charge in [-0.1, -0.05) is 134 Å². The molecule has 0 amide bonds. The first-order valence-electron chi connectivity index (χ1n) is 13.8. The molecule has 0 aromatic carbocycles. The Morgan fingerprint density at radius 2 is 1.22 bits per heavy atom. The highest BCUT2D eigenvalue weighted by atomic mass is 16.5. The van der Waals surface area contributed by atoms with Gasteiger partial charge in [-0.15, -0.1) is 0 Å². The summed E-state index contributed by atoms with van der Waals surface area (Å²) in [7, 11) is 1.44. The van der Waals surface area contributed by atoms with Gasteiger partial charge in [-0.3, -0.25) is 4.79 Å². The van der Waals surface area contributed by atoms with Crippen molar-refractivity contribution in [2.24, 2.45) is 0 Å². The minimum Gasteiger partial charge on any atom is -0.469 e. The number of unbranched alkanes of at least 4 members (excludes halogenated alkanes) is 17. The SMILES string of the molecule is CCCCCCCCCCCCCCC/C=C/C=C/[C@H](O)CCCCCCCC(=O)OC. The standard InChI is InChI=1S/C29H54O3/c1-3-4-5-6-7-8-9-10-11-12-13-14-15-16-17-19-22-25-28(30)26-23-20-18-21-24-27-29(31)32-2/h17,19,22,25,28,30H,3-16,18,20-21,23-24,26-27H2,1-2H3/b19-17+,25-22+/t28-/m0/s1. The fraction of sp³-hybridized carbons (Fsp3) is 0.828. The average molecular weight is 451 g/mol. The average Bonchev–Trinajstić information content (AvgIpc) is 2.80. The number of methoxy groups -OCH3 is 1. The highest BCUT2D eigenvalue weighted by Crippen LogP contribution is 2.13. The zero-order valence-electron chi connectivity index (χ0n) is 21.5. The van der Waals surface area contributed by atoms with Crippen LogP contribution in [0.5, 0.6) is 0 Å². The maximum absolute atomic E-state index is 11.0. The van der Waals surface area contributed by atoms with Crippen LogP contribution >= 0.6 is 0 Å². The van der Waals surface area contributed by atoms with Crippen LogP contribution in [-0.2, 0) is 9.53 Å². The molecule has 0 saturated carbocycles. The van der Waals surface area contributed by atoms with Crippen molar-refractivity contribution in [1.29, 1.82) is 0 Å². The number of carbonyl (C=O) groups excluding carboxylic acids is 1. The van der Waals surface area contributed by atoms with Gasteiger partial charge < -0.3 is 9.84 Å². The Kier molecular flexibility index (Phi) is 25.3. The Balaban J connectivity index is 3.33. The number of allylic oxidation sites excluding steroid dienone is 3. The molecule has 1 N–H and O–H groups in total. The Hall–Kier alpha value is -1.09. The van der Waals surface area contributed by atoms with Crippen LogP contribution in [-0.4, -0.2) is 24.3 Å². The summed E-state index contributed by atoms with van der Waals surface area (Å²) in [5.41, 5.74) is 0. The lowest BCUT2D eigenvalue weighted by Crippen LogP contribution is -2.01. The summed E-state index contributed by atoms with van der Waals surface area (Å²) in [6, 6.07) is 0. The van der Waals surface area contributed by atoms with Crippen molar-refractivity contribution in [3.63, 3.8) is 0 Å². The Morgan fingerprint density at radius 3 is 1.78 bits per heavy atom. The van der Waals surface area contributed by atoms with Crippen molar-refractivity contribution in [1.82, 2.24) is 0 Å². The molecule has 0 radical (unpaired) electrons. The van der Waals surface area contributed by atoms with Gasteiger partial charge in [0.1, 0.15) is 0 Å². The van der Waals surface area contributed by atoms with E-state index in [0.29, 0.717) is 6.42 Å². The lowest BCUT2D eigenvalue weighted by atomic mass is 10.0. The number of hydrogen-bond donors (Lipinski definition) is 1. The van der Waals surface area contributed by atoms with Crippen LogP contribution in [0.4, 0.5) is 0 Å². The van der Waals surface area contributed by atoms with Gasteiger partial charge in [0.05, 0.1) is 13.2 Å². The van der Waals surface area contributed by atoms with Crippen LogP contribution < -0.4 is 0 Å². The van der Waals surface area contributed by atoms with E-state index in [1.165, 1.54) is 90.6 Å². The minimum atomic E-state index is -0.342. The topological polar surface area (TPSA) is 46.5 Å². The molecule has 0 heterocycles. The van der Waals surface area contributed by atoms with Crippen LogP contribution in [0, 0.1) is 0 Å². The maximum atomic E-state index is 11.0. The van der Waals surface area contributed by atoms with Crippen LogP contribution in [0.3, 0.4) is 0 Å². The van der Waals surface area contributed by atoms with Gasteiger partial charge in [-0.25, -0.2) is 0 Å². The molecular formula is C29H54O3. The molecule has 3 nitrogen and oxygen atoms in total. The molecule has 0 rings (SSSR count). The van der Waals surface area contributed by atoms with E-state index in [2.05, 4.69) is 23.8 Å². The summed E-state index contributed by atoms with van der Waals surface area (Å²) in [5.74, 6) is -0.118. The number of ether oxygens (including phenoxy) is 1. The van der Waals surface area contributed by atoms with Gasteiger partial charge in [0.2, 0.25) is 0 Å². The molecule has 0 aliphatic carbocycles. The highest BCUT2D eigenvalue weighted by molar-refractivity contribution is 5.68. The molecule has 188 valence electrons. The Morgan fingerprint density at radius 1 is 0.719 bits per heavy atom. The van der Waals surface area contributed by atoms with E-state index < -0.39 is 0 Å². The van der Waals surface area contributed by atoms with E-state index in [1.54, 1.807) is 0 Å². The predicted molar refractivity (Wildman–Crippen MR) is 139 cm³/mol. The van der Waals surface area contributed by atoms with Crippen molar-refractivity contribution in [3.8, 4) is 0 Å². The first-order valence-corrected chi connectivity index (χ1v) is 13.8. The summed E-state index contributed by atoms with van der Waals surface area (Å²) >= 11 is 0. The monoisotopic (exact) mass is 450 g/mol. The molecule has 0 aromatic heterocycles. The third-order valence-electron chi connectivity index (χ3n) is 6.16. The molecule has 0 saturated heterocycles. The summed E-state index contributed by atoms with van der Waals surface area (Å²) in [6.07, 6.45) is 33.7. The minimum absolute atomic E-state index is 0.118. The molecular weight excluding hydrogens is 396 g/mol. The van der Waals surface area contributed by atoms with Crippen molar-refractivity contribution in [2.45, 2.75) is 148 Å². The second-order valence-corrected chi connectivity index (χ2v) is 9.29. The molecule has 0 fully saturated rings. The number of carbonyl (C=O) groups is 1. The van der Waals surface area contributed by atoms with E-state index in [1.807, 2.05) is 12.2 Å². The second kappa shape index (κ2) is 26.2. The molecule has 0 aliphatic rings. The second-order valence-electron chi connectivity index (χ2n) is 9.29. The Bertz CT molecular complexity index is 442. The summed E-state index contributed by atoms with van der Waals surface area (Å²) in [4.78, 5) is 11.0. The lowest BCUT2D eigenvalue weighted by molar-refractivity contribution is -0.140. The number of esters is 1. The molecule has 0 spiro atoms. The normalized spacial score (nSPS) is 12.7. The van der Waals surface area contributed by atoms with E-state index in [0.717, 1.165) is 44.9 Å². The predicted octanol–water partition coefficient (Wildman–Crippen LogP) is 8.84. The number of aliphatic hydroxyl groups excluding tert-OH is 1. The van der Waals surface area contributed by atoms with E-state index >= 15 is 0 Å². The van der Waals surface area contributed by atoms with Gasteiger partial charge in [-0.2, -0.15) is 0 Å². The number of aliphatic hydroxyl groups is 1. The third-order valence-corrected chi connectivity index (χ3v) is 6.16. The summed E-state index contributed by atoms with van der Waals surface area (Å²) < 4.78 is 4.63. The van der Waals surface area contributed by atoms with E-state index in [-0.39, 0.29) is 12.1 Å². The molecule has 0 unspecified atom stereocenters. The first kappa shape index (κ1) is 30.9. The zero-order valence-corrected chi connectivity index (χ0v) is 21.5. The van der Waals surface area contributed by atoms with Gasteiger partial charge in [0, 0.05) is 6.42 Å². The van der Waals surface area contributed by atoms with Crippen molar-refractivity contribution in [2.75, 3.05) is 7.11 Å². The number of hydrogen-bond acceptors (Lipinski definition) is 3. The molecule has 0 aliphatic heterocycles. The molecule has 3 heteroatoms. The van der Waals surface area contributed by atoms with Crippen LogP contribution in [0.15, 0.2) is 24.3 Å². The fourth-order valence-corrected chi connectivity index (χ4v) is 4.00. The van der Waals surface area contributed by atoms with Gasteiger partial charge in [0.15, 0.2) is 0 Å². The van der Waals surface area contributed by atoms with Crippen LogP contribution in [0.1, 0.15) is 142 Å². The summed E-state index contributed by atoms with van der Waals surface area (Å²) in [5, 5.41) is 10.0. The zero-order chi connectivity index (χ0) is 23.5. The first-order chi connectivity index (χ1) is 15.7. The van der Waals surface area contributed by atoms with E-state index in [9.17, 15) is 9.90 Å². The van der Waals surface area contributed by atoms with Crippen molar-refractivity contribution < 1.29 is 14.6 Å². The van der Waals surface area contributed by atoms with Gasteiger partial charge in [0.25, 0.3) is 0 Å². The molecule has 32 heavy (non-hydrogen) atoms. The third kappa shape index (κ3) is 25.2. The smallest absolute Gasteiger partial charge is 0.305 e. The lowest BCUT2D eigenvalue weighted by Gasteiger charge is -2.05. The van der Waals surface area contributed by atoms with Crippen LogP contribution in [0.25, 0.3) is 0 Å². The Labute approximate surface area is 200 Å². The van der Waals surface area contributed by atoms with Crippen molar-refractivity contribution >= 4 is 5.97 Å². The largest absolute Gasteiger partial charge is 0.469 e. The van der Waals surface area contributed by atoms with Gasteiger partial charge >= 0.3 is 5.97 Å². The van der Waals surface area contributed by atoms with Crippen LogP contribution in [0.2, 0.25) is 0 Å². The quantitative estimate of drug-likeness (QED) is 0.0907. The maximum Gasteiger partial charge on any atom is 0.305 e. The molecule has 0 aromatic rings. The number of rotatable bonds is 24. The van der Waals surface area contributed by atoms with Crippen molar-refractivity contribution in [3.05, 3.63) is 24.3 Å². The van der Waals surface area contributed by atoms with Gasteiger partial charge in [-0.05, 0) is 25.7 Å². The van der Waals surface area contributed by atoms with E-state index in [4.69, 9.17) is 0 Å².